The molecule has 0 aliphatic rings. The number of aromatic nitrogens is 2. The molecule has 20 heteroatoms. The van der Waals surface area contributed by atoms with Crippen molar-refractivity contribution in [3.63, 3.8) is 0 Å². The van der Waals surface area contributed by atoms with Crippen LogP contribution in [-0.2, 0) is 0 Å². The highest BCUT2D eigenvalue weighted by Gasteiger charge is 2.34. The van der Waals surface area contributed by atoms with Crippen LogP contribution in [-0.4, -0.2) is 65.8 Å². The third-order valence-corrected chi connectivity index (χ3v) is 7.66. The molecule has 10 nitrogen and oxygen atoms in total. The monoisotopic (exact) mass is 843 g/mol. The van der Waals surface area contributed by atoms with Crippen molar-refractivity contribution in [2.75, 3.05) is 20.8 Å². The van der Waals surface area contributed by atoms with Gasteiger partial charge in [-0.05, 0) is 42.5 Å². The summed E-state index contributed by atoms with van der Waals surface area (Å²) in [7, 11) is 0.984. The van der Waals surface area contributed by atoms with Gasteiger partial charge >= 0.3 is 19.8 Å². The number of para-hydroxylation sites is 4. The summed E-state index contributed by atoms with van der Waals surface area (Å²) in [6.45, 7) is -0.375. The first-order chi connectivity index (χ1) is 26.4. The number of halogens is 9. The number of nitrogens with zero attached hydrogens (tertiary/aromatic N) is 3. The van der Waals surface area contributed by atoms with Gasteiger partial charge in [-0.25, -0.2) is 9.97 Å². The molecular weight excluding hydrogens is 818 g/mol. The van der Waals surface area contributed by atoms with Crippen LogP contribution < -0.4 is 24.4 Å². The molecule has 0 saturated heterocycles. The smallest absolute Gasteiger partial charge is 0.494 e. The second kappa shape index (κ2) is 20.6. The first kappa shape index (κ1) is 45.2. The first-order valence-electron chi connectivity index (χ1n) is 15.4. The van der Waals surface area contributed by atoms with Crippen molar-refractivity contribution in [3.05, 3.63) is 112 Å². The fraction of sp³-hybridized carbons (Fsp3) is 0.139. The molecule has 0 spiro atoms. The van der Waals surface area contributed by atoms with Crippen LogP contribution in [0.3, 0.4) is 0 Å². The lowest BCUT2D eigenvalue weighted by Crippen LogP contribution is -2.33. The molecule has 0 aliphatic heterocycles. The predicted octanol–water partition coefficient (Wildman–Crippen LogP) is 8.78. The number of aliphatic hydroxyl groups excluding tert-OH is 1. The van der Waals surface area contributed by atoms with E-state index in [4.69, 9.17) is 64.7 Å². The van der Waals surface area contributed by atoms with Gasteiger partial charge in [0, 0.05) is 21.8 Å². The van der Waals surface area contributed by atoms with Crippen molar-refractivity contribution in [3.8, 4) is 40.3 Å². The van der Waals surface area contributed by atoms with Crippen molar-refractivity contribution in [1.29, 1.82) is 5.26 Å². The number of aliphatic hydroxyl groups is 1. The minimum absolute atomic E-state index is 0.161. The molecule has 56 heavy (non-hydrogen) atoms. The van der Waals surface area contributed by atoms with Crippen molar-refractivity contribution in [2.45, 2.75) is 12.7 Å². The maximum Gasteiger partial charge on any atom is 0.573 e. The molecule has 2 heterocycles. The summed E-state index contributed by atoms with van der Waals surface area (Å²) in [4.78, 5) is 8.56. The highest BCUT2D eigenvalue weighted by atomic mass is 35.5. The Morgan fingerprint density at radius 3 is 1.62 bits per heavy atom. The van der Waals surface area contributed by atoms with E-state index in [2.05, 4.69) is 19.4 Å². The Hall–Kier alpha value is -5.22. The van der Waals surface area contributed by atoms with Gasteiger partial charge in [0.1, 0.15) is 29.5 Å². The minimum Gasteiger partial charge on any atom is -0.494 e. The van der Waals surface area contributed by atoms with Crippen LogP contribution in [0.5, 0.6) is 23.0 Å². The molecule has 6 rings (SSSR count). The van der Waals surface area contributed by atoms with E-state index in [0.29, 0.717) is 37.7 Å². The zero-order valence-electron chi connectivity index (χ0n) is 28.7. The molecule has 0 saturated carbocycles. The molecule has 0 atom stereocenters. The minimum atomic E-state index is -4.84. The molecule has 294 valence electrons. The third-order valence-electron chi connectivity index (χ3n) is 6.78. The maximum absolute atomic E-state index is 12.6. The van der Waals surface area contributed by atoms with Crippen LogP contribution >= 0.6 is 34.8 Å². The van der Waals surface area contributed by atoms with Gasteiger partial charge in [-0.1, -0.05) is 89.4 Å². The molecule has 0 bridgehead atoms. The second-order valence-corrected chi connectivity index (χ2v) is 11.6. The number of rotatable bonds is 6. The Labute approximate surface area is 330 Å². The summed E-state index contributed by atoms with van der Waals surface area (Å²) in [6, 6.07) is 26.3. The van der Waals surface area contributed by atoms with E-state index in [9.17, 15) is 26.3 Å². The normalized spacial score (nSPS) is 10.7. The lowest BCUT2D eigenvalue weighted by Gasteiger charge is -2.15. The number of fused-ring (bicyclic) bond motifs is 2. The Morgan fingerprint density at radius 2 is 1.12 bits per heavy atom. The fourth-order valence-electron chi connectivity index (χ4n) is 4.54. The zero-order valence-corrected chi connectivity index (χ0v) is 31.0. The summed E-state index contributed by atoms with van der Waals surface area (Å²) >= 11 is 18.0. The number of nitriles is 1. The van der Waals surface area contributed by atoms with Gasteiger partial charge in [0.2, 0.25) is 0 Å². The zero-order chi connectivity index (χ0) is 41.6. The summed E-state index contributed by atoms with van der Waals surface area (Å²) in [5, 5.41) is 35.3. The van der Waals surface area contributed by atoms with E-state index in [1.807, 2.05) is 18.2 Å². The van der Waals surface area contributed by atoms with E-state index in [1.165, 1.54) is 43.5 Å². The molecule has 3 N–H and O–H groups in total. The predicted molar refractivity (Wildman–Crippen MR) is 199 cm³/mol. The van der Waals surface area contributed by atoms with E-state index in [1.54, 1.807) is 43.5 Å². The Kier molecular flexibility index (Phi) is 16.6. The second-order valence-electron chi connectivity index (χ2n) is 10.5. The largest absolute Gasteiger partial charge is 0.573 e. The van der Waals surface area contributed by atoms with Gasteiger partial charge < -0.3 is 34.1 Å². The van der Waals surface area contributed by atoms with Gasteiger partial charge in [-0.15, -0.1) is 26.3 Å². The van der Waals surface area contributed by atoms with E-state index < -0.39 is 25.6 Å². The third kappa shape index (κ3) is 13.2. The van der Waals surface area contributed by atoms with Crippen molar-refractivity contribution >= 4 is 69.2 Å². The SMILES string of the molecule is COc1cc2cccc(Cl)c2nc1-c1ccccc1OC(F)(F)F.COc1cc2cccc(Cl)c2nc1Cl.N#CCO.OB(O)c1ccccc1OC(F)(F)F. The molecule has 0 unspecified atom stereocenters. The fourth-order valence-corrected chi connectivity index (χ4v) is 5.21. The average molecular weight is 845 g/mol. The number of hydrogen-bond acceptors (Lipinski definition) is 10. The molecule has 0 fully saturated rings. The summed E-state index contributed by atoms with van der Waals surface area (Å²) in [5.41, 5.74) is 1.22. The van der Waals surface area contributed by atoms with Gasteiger partial charge in [-0.2, -0.15) is 5.26 Å². The van der Waals surface area contributed by atoms with Crippen molar-refractivity contribution < 1.29 is 60.4 Å². The standard InChI is InChI=1S/C17H11ClF3NO2.C10H7Cl2NO.C7H6BF3O3.C2H3NO/c1-23-14-9-10-5-4-7-12(18)15(10)22-16(14)11-6-2-3-8-13(11)24-17(19,20)21;1-14-8-5-6-3-2-4-7(11)9(6)13-10(8)12;9-7(10,11)14-6-4-2-1-3-5(6)8(12)13;3-1-2-4/h2-9H,1H3;2-5H,1H3;1-4,12-13H;4H,2H2. The van der Waals surface area contributed by atoms with Crippen LogP contribution in [0.15, 0.2) is 97.1 Å². The molecule has 4 aromatic carbocycles. The van der Waals surface area contributed by atoms with Gasteiger partial charge in [0.15, 0.2) is 10.9 Å². The van der Waals surface area contributed by atoms with Gasteiger partial charge in [0.05, 0.1) is 41.4 Å². The highest BCUT2D eigenvalue weighted by Crippen LogP contribution is 2.39. The molecule has 2 aromatic heterocycles. The number of pyridine rings is 2. The van der Waals surface area contributed by atoms with Crippen LogP contribution in [0, 0.1) is 11.3 Å². The van der Waals surface area contributed by atoms with Crippen molar-refractivity contribution in [2.24, 2.45) is 0 Å². The number of ether oxygens (including phenoxy) is 4. The first-order valence-corrected chi connectivity index (χ1v) is 16.5. The van der Waals surface area contributed by atoms with E-state index in [0.717, 1.165) is 22.9 Å². The van der Waals surface area contributed by atoms with Crippen LogP contribution in [0.1, 0.15) is 0 Å². The summed E-state index contributed by atoms with van der Waals surface area (Å²) in [5.74, 6) is -0.0957. The van der Waals surface area contributed by atoms with Crippen LogP contribution in [0.4, 0.5) is 26.3 Å². The van der Waals surface area contributed by atoms with E-state index in [-0.39, 0.29) is 29.1 Å². The number of methoxy groups -OCH3 is 2. The number of alkyl halides is 6. The Bertz CT molecular complexity index is 2280. The van der Waals surface area contributed by atoms with E-state index >= 15 is 0 Å². The quantitative estimate of drug-likeness (QED) is 0.0644. The maximum atomic E-state index is 12.6. The Balaban J connectivity index is 0.000000226. The van der Waals surface area contributed by atoms with Gasteiger partial charge in [0.25, 0.3) is 0 Å². The summed E-state index contributed by atoms with van der Waals surface area (Å²) < 4.78 is 91.3. The van der Waals surface area contributed by atoms with Crippen LogP contribution in [0.25, 0.3) is 33.1 Å². The molecule has 6 aromatic rings. The van der Waals surface area contributed by atoms with Crippen molar-refractivity contribution in [1.82, 2.24) is 9.97 Å². The number of hydrogen-bond donors (Lipinski definition) is 3. The number of benzene rings is 4. The topological polar surface area (TPSA) is 147 Å². The Morgan fingerprint density at radius 1 is 0.661 bits per heavy atom. The van der Waals surface area contributed by atoms with Crippen LogP contribution in [0.2, 0.25) is 15.2 Å². The lowest BCUT2D eigenvalue weighted by atomic mass is 9.80. The molecule has 0 radical (unpaired) electrons. The molecule has 0 amide bonds. The lowest BCUT2D eigenvalue weighted by molar-refractivity contribution is -0.275. The molecule has 0 aliphatic carbocycles. The average Bonchev–Trinajstić information content (AvgIpc) is 3.14. The molecular formula is C36H27BCl3F6N3O7. The summed E-state index contributed by atoms with van der Waals surface area (Å²) in [6.07, 6.45) is -9.65. The van der Waals surface area contributed by atoms with Gasteiger partial charge in [-0.3, -0.25) is 0 Å². The highest BCUT2D eigenvalue weighted by molar-refractivity contribution is 6.59.